The van der Waals surface area contributed by atoms with Crippen LogP contribution in [0.1, 0.15) is 44.1 Å². The van der Waals surface area contributed by atoms with Crippen LogP contribution in [0.5, 0.6) is 0 Å². The highest BCUT2D eigenvalue weighted by molar-refractivity contribution is 5.23. The van der Waals surface area contributed by atoms with Gasteiger partial charge in [-0.05, 0) is 80.2 Å². The van der Waals surface area contributed by atoms with E-state index in [-0.39, 0.29) is 0 Å². The van der Waals surface area contributed by atoms with Gasteiger partial charge in [-0.25, -0.2) is 0 Å². The minimum atomic E-state index is 0.535. The zero-order chi connectivity index (χ0) is 13.2. The molecule has 4 fully saturated rings. The van der Waals surface area contributed by atoms with Gasteiger partial charge in [0.05, 0.1) is 0 Å². The van der Waals surface area contributed by atoms with Gasteiger partial charge in [0.25, 0.3) is 0 Å². The number of hydrogen-bond donors (Lipinski definition) is 1. The van der Waals surface area contributed by atoms with Crippen molar-refractivity contribution < 1.29 is 0 Å². The maximum atomic E-state index is 4.03. The van der Waals surface area contributed by atoms with Crippen molar-refractivity contribution in [3.05, 3.63) is 35.9 Å². The molecule has 20 heavy (non-hydrogen) atoms. The Labute approximate surface area is 122 Å². The average Bonchev–Trinajstić information content (AvgIpc) is 2.76. The van der Waals surface area contributed by atoms with Crippen LogP contribution in [0.4, 0.5) is 0 Å². The van der Waals surface area contributed by atoms with Crippen LogP contribution in [0.3, 0.4) is 0 Å². The smallest absolute Gasteiger partial charge is 0.0192 e. The quantitative estimate of drug-likeness (QED) is 0.875. The van der Waals surface area contributed by atoms with Gasteiger partial charge >= 0.3 is 0 Å². The maximum absolute atomic E-state index is 4.03. The van der Waals surface area contributed by atoms with E-state index in [1.54, 1.807) is 19.3 Å². The van der Waals surface area contributed by atoms with Crippen molar-refractivity contribution in [2.24, 2.45) is 23.2 Å². The van der Waals surface area contributed by atoms with Crippen LogP contribution < -0.4 is 5.32 Å². The first-order chi connectivity index (χ1) is 9.78. The van der Waals surface area contributed by atoms with Gasteiger partial charge in [-0.2, -0.15) is 0 Å². The highest BCUT2D eigenvalue weighted by atomic mass is 15.0. The summed E-state index contributed by atoms with van der Waals surface area (Å²) in [7, 11) is 0. The van der Waals surface area contributed by atoms with Gasteiger partial charge in [0.2, 0.25) is 0 Å². The number of rotatable bonds is 4. The molecule has 5 unspecified atom stereocenters. The summed E-state index contributed by atoms with van der Waals surface area (Å²) in [5.74, 6) is 3.27. The lowest BCUT2D eigenvalue weighted by molar-refractivity contribution is -0.000766. The molecule has 1 N–H and O–H groups in total. The normalized spacial score (nSPS) is 47.3. The lowest BCUT2D eigenvalue weighted by Crippen LogP contribution is -2.48. The van der Waals surface area contributed by atoms with Crippen LogP contribution in [0, 0.1) is 23.2 Å². The van der Waals surface area contributed by atoms with Gasteiger partial charge in [-0.1, -0.05) is 30.3 Å². The fourth-order valence-corrected chi connectivity index (χ4v) is 6.68. The topological polar surface area (TPSA) is 12.0 Å². The SMILES string of the molecule is c1ccc(CCNC23CC4CC5CC(C2)C5(C4)C3)cc1. The lowest BCUT2D eigenvalue weighted by Gasteiger charge is -2.49. The summed E-state index contributed by atoms with van der Waals surface area (Å²) >= 11 is 0. The van der Waals surface area contributed by atoms with Crippen LogP contribution in [-0.2, 0) is 6.42 Å². The van der Waals surface area contributed by atoms with E-state index in [0.29, 0.717) is 5.54 Å². The molecule has 1 aromatic rings. The minimum absolute atomic E-state index is 0.535. The predicted molar refractivity (Wildman–Crippen MR) is 81.5 cm³/mol. The van der Waals surface area contributed by atoms with Gasteiger partial charge in [-0.15, -0.1) is 0 Å². The summed E-state index contributed by atoms with van der Waals surface area (Å²) in [5.41, 5.74) is 2.84. The molecule has 0 saturated heterocycles. The second-order valence-electron chi connectivity index (χ2n) is 8.20. The largest absolute Gasteiger partial charge is 0.311 e. The second-order valence-corrected chi connectivity index (χ2v) is 8.20. The lowest BCUT2D eigenvalue weighted by atomic mass is 9.56. The Morgan fingerprint density at radius 2 is 1.90 bits per heavy atom. The third-order valence-corrected chi connectivity index (χ3v) is 7.22. The summed E-state index contributed by atoms with van der Waals surface area (Å²) in [4.78, 5) is 0. The third kappa shape index (κ3) is 1.48. The molecule has 0 aliphatic heterocycles. The van der Waals surface area contributed by atoms with E-state index in [4.69, 9.17) is 0 Å². The van der Waals surface area contributed by atoms with Gasteiger partial charge in [-0.3, -0.25) is 0 Å². The molecule has 1 spiro atoms. The zero-order valence-corrected chi connectivity index (χ0v) is 12.3. The van der Waals surface area contributed by atoms with Crippen LogP contribution >= 0.6 is 0 Å². The maximum Gasteiger partial charge on any atom is 0.0192 e. The standard InChI is InChI=1S/C19H25N/c1-2-4-14(5-3-1)6-7-20-18-10-15-8-16-9-17(12-18)19(16,11-15)13-18/h1-5,15-17,20H,6-13H2. The Bertz CT molecular complexity index is 520. The molecule has 1 nitrogen and oxygen atoms in total. The molecule has 5 atom stereocenters. The van der Waals surface area contributed by atoms with E-state index in [0.717, 1.165) is 23.2 Å². The van der Waals surface area contributed by atoms with Crippen molar-refractivity contribution >= 4 is 0 Å². The van der Waals surface area contributed by atoms with Crippen molar-refractivity contribution in [3.63, 3.8) is 0 Å². The molecular formula is C19H25N. The Hall–Kier alpha value is -0.820. The molecule has 106 valence electrons. The van der Waals surface area contributed by atoms with Crippen LogP contribution in [-0.4, -0.2) is 12.1 Å². The minimum Gasteiger partial charge on any atom is -0.311 e. The summed E-state index contributed by atoms with van der Waals surface area (Å²) in [6.45, 7) is 1.17. The summed E-state index contributed by atoms with van der Waals surface area (Å²) in [6.07, 6.45) is 10.4. The van der Waals surface area contributed by atoms with Gasteiger partial charge in [0.1, 0.15) is 0 Å². The number of benzene rings is 1. The van der Waals surface area contributed by atoms with Crippen molar-refractivity contribution in [2.75, 3.05) is 6.54 Å². The van der Waals surface area contributed by atoms with E-state index < -0.39 is 0 Å². The molecule has 4 aliphatic rings. The molecule has 5 rings (SSSR count). The van der Waals surface area contributed by atoms with Gasteiger partial charge < -0.3 is 5.32 Å². The third-order valence-electron chi connectivity index (χ3n) is 7.22. The fourth-order valence-electron chi connectivity index (χ4n) is 6.68. The van der Waals surface area contributed by atoms with E-state index >= 15 is 0 Å². The van der Waals surface area contributed by atoms with Crippen LogP contribution in [0.2, 0.25) is 0 Å². The summed E-state index contributed by atoms with van der Waals surface area (Å²) in [5, 5.41) is 4.03. The Balaban J connectivity index is 1.28. The van der Waals surface area contributed by atoms with Gasteiger partial charge in [0, 0.05) is 5.54 Å². The molecule has 0 heterocycles. The second kappa shape index (κ2) is 3.88. The van der Waals surface area contributed by atoms with Crippen LogP contribution in [0.15, 0.2) is 30.3 Å². The zero-order valence-electron chi connectivity index (χ0n) is 12.3. The molecule has 0 amide bonds. The number of fused-ring (bicyclic) bond motifs is 2. The first-order valence-corrected chi connectivity index (χ1v) is 8.57. The number of nitrogens with one attached hydrogen (secondary N) is 1. The van der Waals surface area contributed by atoms with E-state index in [9.17, 15) is 0 Å². The summed E-state index contributed by atoms with van der Waals surface area (Å²) < 4.78 is 0. The molecule has 4 aliphatic carbocycles. The van der Waals surface area contributed by atoms with E-state index in [1.807, 2.05) is 0 Å². The highest BCUT2D eigenvalue weighted by Crippen LogP contribution is 2.76. The number of hydrogen-bond acceptors (Lipinski definition) is 1. The molecule has 1 aromatic carbocycles. The van der Waals surface area contributed by atoms with Crippen LogP contribution in [0.25, 0.3) is 0 Å². The average molecular weight is 267 g/mol. The Morgan fingerprint density at radius 1 is 1.00 bits per heavy atom. The first kappa shape index (κ1) is 11.8. The fraction of sp³-hybridized carbons (Fsp3) is 0.684. The first-order valence-electron chi connectivity index (χ1n) is 8.57. The van der Waals surface area contributed by atoms with Crippen molar-refractivity contribution in [1.29, 1.82) is 0 Å². The molecule has 1 heteroatoms. The Morgan fingerprint density at radius 3 is 2.80 bits per heavy atom. The van der Waals surface area contributed by atoms with E-state index in [1.165, 1.54) is 37.8 Å². The molecular weight excluding hydrogens is 242 g/mol. The highest BCUT2D eigenvalue weighted by Gasteiger charge is 2.70. The van der Waals surface area contributed by atoms with Crippen molar-refractivity contribution in [2.45, 2.75) is 50.5 Å². The molecule has 4 saturated carbocycles. The van der Waals surface area contributed by atoms with Gasteiger partial charge in [0.15, 0.2) is 0 Å². The summed E-state index contributed by atoms with van der Waals surface area (Å²) in [6, 6.07) is 11.0. The molecule has 0 aromatic heterocycles. The van der Waals surface area contributed by atoms with Crippen molar-refractivity contribution in [3.8, 4) is 0 Å². The monoisotopic (exact) mass is 267 g/mol. The van der Waals surface area contributed by atoms with Crippen molar-refractivity contribution in [1.82, 2.24) is 5.32 Å². The van der Waals surface area contributed by atoms with E-state index in [2.05, 4.69) is 35.6 Å². The molecule has 3 bridgehead atoms. The Kier molecular flexibility index (Phi) is 2.29. The molecule has 0 radical (unpaired) electrons. The predicted octanol–water partition coefficient (Wildman–Crippen LogP) is 3.79.